The molecule has 1 aromatic heterocycles. The minimum atomic E-state index is -0.449. The van der Waals surface area contributed by atoms with Gasteiger partial charge in [-0.2, -0.15) is 0 Å². The molecular weight excluding hydrogens is 208 g/mol. The largest absolute Gasteiger partial charge is 0.298 e. The average molecular weight is 216 g/mol. The van der Waals surface area contributed by atoms with Crippen LogP contribution in [0.3, 0.4) is 0 Å². The van der Waals surface area contributed by atoms with Gasteiger partial charge in [-0.15, -0.1) is 0 Å². The topological polar surface area (TPSA) is 73.1 Å². The summed E-state index contributed by atoms with van der Waals surface area (Å²) in [5.74, 6) is 0. The number of rotatable bonds is 3. The van der Waals surface area contributed by atoms with Crippen molar-refractivity contribution in [2.24, 2.45) is 0 Å². The summed E-state index contributed by atoms with van der Waals surface area (Å²) < 4.78 is 0. The first kappa shape index (κ1) is 10.2. The highest BCUT2D eigenvalue weighted by atomic mass is 16.6. The molecule has 0 aromatic carbocycles. The molecule has 0 radical (unpaired) electrons. The van der Waals surface area contributed by atoms with E-state index in [1.54, 1.807) is 30.6 Å². The molecule has 0 saturated heterocycles. The zero-order chi connectivity index (χ0) is 11.5. The Bertz CT molecular complexity index is 503. The van der Waals surface area contributed by atoms with E-state index in [0.29, 0.717) is 23.0 Å². The van der Waals surface area contributed by atoms with Gasteiger partial charge in [0, 0.05) is 23.5 Å². The Kier molecular flexibility index (Phi) is 2.59. The normalized spacial score (nSPS) is 14.9. The summed E-state index contributed by atoms with van der Waals surface area (Å²) in [5, 5.41) is 10.8. The Morgan fingerprint density at radius 3 is 2.88 bits per heavy atom. The number of hydrogen-bond donors (Lipinski definition) is 0. The van der Waals surface area contributed by atoms with E-state index in [2.05, 4.69) is 4.98 Å². The molecule has 5 heteroatoms. The van der Waals surface area contributed by atoms with Gasteiger partial charge in [0.2, 0.25) is 0 Å². The Morgan fingerprint density at radius 2 is 2.31 bits per heavy atom. The first-order chi connectivity index (χ1) is 7.72. The van der Waals surface area contributed by atoms with E-state index < -0.39 is 4.92 Å². The molecule has 80 valence electrons. The Labute approximate surface area is 91.3 Å². The molecule has 0 N–H and O–H groups in total. The van der Waals surface area contributed by atoms with Crippen LogP contribution >= 0.6 is 0 Å². The third-order valence-corrected chi connectivity index (χ3v) is 2.36. The molecule has 0 spiro atoms. The third kappa shape index (κ3) is 1.75. The standard InChI is InChI=1S/C11H8N2O3/c14-7-8-4-10(11(5-8)13(15)16)9-2-1-3-12-6-9/h1-4,6-7H,5H2. The van der Waals surface area contributed by atoms with Crippen molar-refractivity contribution in [1.82, 2.24) is 4.98 Å². The number of pyridine rings is 1. The van der Waals surface area contributed by atoms with Crippen LogP contribution in [0.25, 0.3) is 5.57 Å². The van der Waals surface area contributed by atoms with Gasteiger partial charge in [0.15, 0.2) is 0 Å². The quantitative estimate of drug-likeness (QED) is 0.437. The zero-order valence-electron chi connectivity index (χ0n) is 8.29. The maximum Gasteiger partial charge on any atom is 0.258 e. The Balaban J connectivity index is 2.49. The molecule has 16 heavy (non-hydrogen) atoms. The summed E-state index contributed by atoms with van der Waals surface area (Å²) in [6, 6.07) is 3.43. The van der Waals surface area contributed by atoms with Crippen molar-refractivity contribution in [2.75, 3.05) is 0 Å². The summed E-state index contributed by atoms with van der Waals surface area (Å²) in [6.07, 6.45) is 5.41. The maximum absolute atomic E-state index is 10.8. The van der Waals surface area contributed by atoms with Gasteiger partial charge < -0.3 is 0 Å². The molecule has 2 rings (SSSR count). The molecule has 0 aliphatic heterocycles. The van der Waals surface area contributed by atoms with E-state index in [1.807, 2.05) is 0 Å². The van der Waals surface area contributed by atoms with Crippen LogP contribution in [-0.2, 0) is 4.79 Å². The van der Waals surface area contributed by atoms with E-state index in [1.165, 1.54) is 0 Å². The number of hydrogen-bond acceptors (Lipinski definition) is 4. The lowest BCUT2D eigenvalue weighted by Crippen LogP contribution is -1.99. The highest BCUT2D eigenvalue weighted by Crippen LogP contribution is 2.31. The van der Waals surface area contributed by atoms with Gasteiger partial charge in [-0.05, 0) is 12.1 Å². The van der Waals surface area contributed by atoms with Gasteiger partial charge in [-0.3, -0.25) is 19.9 Å². The number of nitrogens with zero attached hydrogens (tertiary/aromatic N) is 2. The molecule has 0 atom stereocenters. The van der Waals surface area contributed by atoms with Crippen molar-refractivity contribution < 1.29 is 9.72 Å². The molecule has 0 fully saturated rings. The predicted octanol–water partition coefficient (Wildman–Crippen LogP) is 1.60. The van der Waals surface area contributed by atoms with Crippen LogP contribution in [-0.4, -0.2) is 16.2 Å². The zero-order valence-corrected chi connectivity index (χ0v) is 8.29. The second-order valence-electron chi connectivity index (χ2n) is 3.37. The minimum absolute atomic E-state index is 0.0510. The van der Waals surface area contributed by atoms with Gasteiger partial charge in [0.05, 0.1) is 16.9 Å². The number of carbonyl (C=O) groups excluding carboxylic acids is 1. The fourth-order valence-electron chi connectivity index (χ4n) is 1.62. The van der Waals surface area contributed by atoms with Gasteiger partial charge in [0.1, 0.15) is 6.29 Å². The van der Waals surface area contributed by atoms with E-state index in [4.69, 9.17) is 0 Å². The number of nitro groups is 1. The molecular formula is C11H8N2O3. The van der Waals surface area contributed by atoms with Gasteiger partial charge >= 0.3 is 0 Å². The average Bonchev–Trinajstić information content (AvgIpc) is 2.74. The summed E-state index contributed by atoms with van der Waals surface area (Å²) >= 11 is 0. The van der Waals surface area contributed by atoms with Gasteiger partial charge in [0.25, 0.3) is 5.70 Å². The minimum Gasteiger partial charge on any atom is -0.298 e. The van der Waals surface area contributed by atoms with E-state index in [-0.39, 0.29) is 12.1 Å². The molecule has 1 aliphatic rings. The van der Waals surface area contributed by atoms with Crippen LogP contribution < -0.4 is 0 Å². The fraction of sp³-hybridized carbons (Fsp3) is 0.0909. The van der Waals surface area contributed by atoms with Crippen LogP contribution in [0.2, 0.25) is 0 Å². The molecule has 1 aromatic rings. The van der Waals surface area contributed by atoms with Gasteiger partial charge in [-0.25, -0.2) is 0 Å². The first-order valence-corrected chi connectivity index (χ1v) is 4.66. The maximum atomic E-state index is 10.8. The number of aldehydes is 1. The van der Waals surface area contributed by atoms with Crippen LogP contribution in [0.15, 0.2) is 41.9 Å². The summed E-state index contributed by atoms with van der Waals surface area (Å²) in [4.78, 5) is 24.9. The predicted molar refractivity (Wildman–Crippen MR) is 56.9 cm³/mol. The highest BCUT2D eigenvalue weighted by Gasteiger charge is 2.26. The highest BCUT2D eigenvalue weighted by molar-refractivity contribution is 5.88. The first-order valence-electron chi connectivity index (χ1n) is 4.66. The molecule has 0 unspecified atom stereocenters. The van der Waals surface area contributed by atoms with Gasteiger partial charge in [-0.1, -0.05) is 6.07 Å². The van der Waals surface area contributed by atoms with Crippen molar-refractivity contribution >= 4 is 11.9 Å². The summed E-state index contributed by atoms with van der Waals surface area (Å²) in [5.41, 5.74) is 1.60. The van der Waals surface area contributed by atoms with E-state index >= 15 is 0 Å². The molecule has 5 nitrogen and oxygen atoms in total. The Morgan fingerprint density at radius 1 is 1.50 bits per heavy atom. The SMILES string of the molecule is O=CC1=CC(c2cccnc2)=C([N+](=O)[O-])C1. The molecule has 0 bridgehead atoms. The lowest BCUT2D eigenvalue weighted by molar-refractivity contribution is -0.425. The van der Waals surface area contributed by atoms with Crippen LogP contribution in [0.1, 0.15) is 12.0 Å². The fourth-order valence-corrected chi connectivity index (χ4v) is 1.62. The smallest absolute Gasteiger partial charge is 0.258 e. The summed E-state index contributed by atoms with van der Waals surface area (Å²) in [7, 11) is 0. The monoisotopic (exact) mass is 216 g/mol. The van der Waals surface area contributed by atoms with Crippen molar-refractivity contribution in [1.29, 1.82) is 0 Å². The Hall–Kier alpha value is -2.30. The molecule has 1 heterocycles. The molecule has 0 saturated carbocycles. The van der Waals surface area contributed by atoms with Crippen LogP contribution in [0.5, 0.6) is 0 Å². The van der Waals surface area contributed by atoms with Crippen molar-refractivity contribution in [3.8, 4) is 0 Å². The number of carbonyl (C=O) groups is 1. The summed E-state index contributed by atoms with van der Waals surface area (Å²) in [6.45, 7) is 0. The number of allylic oxidation sites excluding steroid dienone is 3. The second-order valence-corrected chi connectivity index (χ2v) is 3.37. The molecule has 0 amide bonds. The van der Waals surface area contributed by atoms with Crippen LogP contribution in [0, 0.1) is 10.1 Å². The van der Waals surface area contributed by atoms with E-state index in [9.17, 15) is 14.9 Å². The van der Waals surface area contributed by atoms with Crippen LogP contribution in [0.4, 0.5) is 0 Å². The van der Waals surface area contributed by atoms with Crippen molar-refractivity contribution in [3.05, 3.63) is 57.6 Å². The van der Waals surface area contributed by atoms with Crippen molar-refractivity contribution in [2.45, 2.75) is 6.42 Å². The van der Waals surface area contributed by atoms with E-state index in [0.717, 1.165) is 0 Å². The van der Waals surface area contributed by atoms with Crippen molar-refractivity contribution in [3.63, 3.8) is 0 Å². The lowest BCUT2D eigenvalue weighted by atomic mass is 10.1. The lowest BCUT2D eigenvalue weighted by Gasteiger charge is -1.98. The number of aromatic nitrogens is 1. The second kappa shape index (κ2) is 4.06. The molecule has 1 aliphatic carbocycles. The third-order valence-electron chi connectivity index (χ3n) is 2.36.